The Morgan fingerprint density at radius 3 is 2.85 bits per heavy atom. The summed E-state index contributed by atoms with van der Waals surface area (Å²) in [5.41, 5.74) is 1.04. The van der Waals surface area contributed by atoms with E-state index in [1.54, 1.807) is 23.1 Å². The van der Waals surface area contributed by atoms with Crippen molar-refractivity contribution < 1.29 is 14.3 Å². The summed E-state index contributed by atoms with van der Waals surface area (Å²) in [6.45, 7) is 1.92. The summed E-state index contributed by atoms with van der Waals surface area (Å²) in [4.78, 5) is 18.6. The lowest BCUT2D eigenvalue weighted by molar-refractivity contribution is -0.117. The van der Waals surface area contributed by atoms with Crippen LogP contribution in [-0.4, -0.2) is 35.7 Å². The summed E-state index contributed by atoms with van der Waals surface area (Å²) in [5, 5.41) is 1.98. The lowest BCUT2D eigenvalue weighted by Crippen LogP contribution is -2.19. The highest BCUT2D eigenvalue weighted by Gasteiger charge is 2.16. The smallest absolute Gasteiger partial charge is 0.253 e. The van der Waals surface area contributed by atoms with Gasteiger partial charge in [0.25, 0.3) is 5.91 Å². The Morgan fingerprint density at radius 1 is 1.31 bits per heavy atom. The van der Waals surface area contributed by atoms with Crippen molar-refractivity contribution in [1.29, 1.82) is 0 Å². The lowest BCUT2D eigenvalue weighted by atomic mass is 10.2. The third-order valence-electron chi connectivity index (χ3n) is 3.99. The summed E-state index contributed by atoms with van der Waals surface area (Å²) in [6.07, 6.45) is 2.42. The molecule has 136 valence electrons. The van der Waals surface area contributed by atoms with E-state index >= 15 is 0 Å². The Labute approximate surface area is 163 Å². The number of benzene rings is 1. The van der Waals surface area contributed by atoms with E-state index in [1.165, 1.54) is 11.3 Å². The van der Waals surface area contributed by atoms with Gasteiger partial charge in [-0.3, -0.25) is 4.79 Å². The second kappa shape index (κ2) is 7.85. The van der Waals surface area contributed by atoms with Crippen molar-refractivity contribution in [1.82, 2.24) is 4.57 Å². The monoisotopic (exact) mass is 406 g/mol. The first kappa shape index (κ1) is 17.6. The molecule has 3 aromatic rings. The van der Waals surface area contributed by atoms with Crippen LogP contribution in [-0.2, 0) is 17.8 Å². The summed E-state index contributed by atoms with van der Waals surface area (Å²) in [5.74, 6) is 2.36. The van der Waals surface area contributed by atoms with Gasteiger partial charge in [0.05, 0.1) is 16.6 Å². The first-order valence-electron chi connectivity index (χ1n) is 8.26. The molecule has 0 atom stereocenters. The number of ether oxygens (including phenoxy) is 2. The second-order valence-electron chi connectivity index (χ2n) is 5.75. The Bertz CT molecular complexity index is 989. The molecule has 0 saturated heterocycles. The number of hydrogen-bond donors (Lipinski definition) is 0. The van der Waals surface area contributed by atoms with E-state index < -0.39 is 0 Å². The number of thiazole rings is 1. The van der Waals surface area contributed by atoms with Gasteiger partial charge in [-0.05, 0) is 17.7 Å². The van der Waals surface area contributed by atoms with E-state index in [0.29, 0.717) is 19.6 Å². The Hall–Kier alpha value is -1.77. The molecule has 0 radical (unpaired) electrons. The maximum atomic E-state index is 12.4. The second-order valence-corrected chi connectivity index (χ2v) is 8.78. The molecule has 0 aliphatic carbocycles. The van der Waals surface area contributed by atoms with Gasteiger partial charge in [0.15, 0.2) is 16.3 Å². The highest BCUT2D eigenvalue weighted by Crippen LogP contribution is 2.35. The zero-order chi connectivity index (χ0) is 17.9. The van der Waals surface area contributed by atoms with Gasteiger partial charge < -0.3 is 14.0 Å². The minimum absolute atomic E-state index is 0.117. The molecule has 5 nitrogen and oxygen atoms in total. The molecule has 1 aliphatic heterocycles. The molecular weight excluding hydrogens is 388 g/mol. The van der Waals surface area contributed by atoms with Crippen LogP contribution in [0.5, 0.6) is 11.5 Å². The maximum Gasteiger partial charge on any atom is 0.253 e. The number of thioether (sulfide) groups is 1. The normalized spacial score (nSPS) is 14.1. The van der Waals surface area contributed by atoms with Crippen molar-refractivity contribution >= 4 is 50.6 Å². The number of hydrogen-bond acceptors (Lipinski definition) is 6. The number of amides is 1. The number of carbonyl (C=O) groups is 1. The summed E-state index contributed by atoms with van der Waals surface area (Å²) in [6, 6.07) is 7.92. The van der Waals surface area contributed by atoms with Gasteiger partial charge in [-0.2, -0.15) is 16.8 Å². The number of nitrogens with zero attached hydrogens (tertiary/aromatic N) is 2. The maximum absolute atomic E-state index is 12.4. The van der Waals surface area contributed by atoms with Crippen molar-refractivity contribution in [3.63, 3.8) is 0 Å². The van der Waals surface area contributed by atoms with Gasteiger partial charge >= 0.3 is 0 Å². The minimum atomic E-state index is -0.117. The van der Waals surface area contributed by atoms with E-state index in [0.717, 1.165) is 43.7 Å². The number of fused-ring (bicyclic) bond motifs is 2. The quantitative estimate of drug-likeness (QED) is 0.650. The zero-order valence-corrected chi connectivity index (χ0v) is 16.7. The van der Waals surface area contributed by atoms with Crippen molar-refractivity contribution in [2.75, 3.05) is 25.2 Å². The third kappa shape index (κ3) is 3.67. The molecule has 0 spiro atoms. The number of aromatic nitrogens is 1. The van der Waals surface area contributed by atoms with Crippen LogP contribution in [0.4, 0.5) is 0 Å². The van der Waals surface area contributed by atoms with Crippen LogP contribution in [0, 0.1) is 0 Å². The van der Waals surface area contributed by atoms with Crippen LogP contribution in [0.2, 0.25) is 0 Å². The molecule has 0 bridgehead atoms. The van der Waals surface area contributed by atoms with Crippen molar-refractivity contribution in [3.8, 4) is 11.5 Å². The van der Waals surface area contributed by atoms with Crippen LogP contribution in [0.3, 0.4) is 0 Å². The molecule has 26 heavy (non-hydrogen) atoms. The van der Waals surface area contributed by atoms with Gasteiger partial charge in [0, 0.05) is 29.3 Å². The summed E-state index contributed by atoms with van der Waals surface area (Å²) >= 11 is 4.87. The molecule has 1 aromatic carbocycles. The largest absolute Gasteiger partial charge is 0.486 e. The first-order chi connectivity index (χ1) is 12.7. The van der Waals surface area contributed by atoms with Crippen molar-refractivity contribution in [3.05, 3.63) is 39.3 Å². The van der Waals surface area contributed by atoms with E-state index in [2.05, 4.69) is 15.8 Å². The molecule has 0 unspecified atom stereocenters. The predicted octanol–water partition coefficient (Wildman–Crippen LogP) is 3.57. The molecule has 0 fully saturated rings. The number of rotatable bonds is 5. The van der Waals surface area contributed by atoms with E-state index in [9.17, 15) is 4.79 Å². The van der Waals surface area contributed by atoms with E-state index in [1.807, 2.05) is 29.6 Å². The van der Waals surface area contributed by atoms with Crippen molar-refractivity contribution in [2.45, 2.75) is 13.0 Å². The third-order valence-corrected chi connectivity index (χ3v) is 6.50. The van der Waals surface area contributed by atoms with Gasteiger partial charge in [0.1, 0.15) is 13.2 Å². The first-order valence-corrected chi connectivity index (χ1v) is 11.4. The van der Waals surface area contributed by atoms with Crippen LogP contribution in [0.25, 0.3) is 10.2 Å². The van der Waals surface area contributed by atoms with Gasteiger partial charge in [0.2, 0.25) is 0 Å². The lowest BCUT2D eigenvalue weighted by Gasteiger charge is -2.18. The fourth-order valence-electron chi connectivity index (χ4n) is 2.80. The van der Waals surface area contributed by atoms with Crippen molar-refractivity contribution in [2.24, 2.45) is 4.99 Å². The van der Waals surface area contributed by atoms with Crippen LogP contribution in [0.15, 0.2) is 34.6 Å². The average Bonchev–Trinajstić information content (AvgIpc) is 3.25. The van der Waals surface area contributed by atoms with Crippen LogP contribution < -0.4 is 14.3 Å². The fraction of sp³-hybridized carbons (Fsp3) is 0.333. The molecule has 4 rings (SSSR count). The zero-order valence-electron chi connectivity index (χ0n) is 14.3. The van der Waals surface area contributed by atoms with E-state index in [4.69, 9.17) is 9.47 Å². The molecule has 1 amide bonds. The number of thiophene rings is 1. The molecular formula is C18H18N2O3S3. The Kier molecular flexibility index (Phi) is 5.33. The highest BCUT2D eigenvalue weighted by molar-refractivity contribution is 7.98. The molecule has 3 heterocycles. The standard InChI is InChI=1S/C18H18N2O3S3/c1-24-8-4-20-13-10-14-15(23-6-5-22-14)11-16(13)26-18(20)19-17(21)9-12-3-2-7-25-12/h2-3,7,10-11H,4-6,8-9H2,1H3. The van der Waals surface area contributed by atoms with Gasteiger partial charge in [-0.15, -0.1) is 11.3 Å². The number of aryl methyl sites for hydroxylation is 1. The average molecular weight is 407 g/mol. The summed E-state index contributed by atoms with van der Waals surface area (Å²) < 4.78 is 14.6. The number of carbonyl (C=O) groups excluding carboxylic acids is 1. The topological polar surface area (TPSA) is 52.8 Å². The van der Waals surface area contributed by atoms with Crippen LogP contribution >= 0.6 is 34.4 Å². The predicted molar refractivity (Wildman–Crippen MR) is 108 cm³/mol. The molecule has 1 aliphatic rings. The fourth-order valence-corrected chi connectivity index (χ4v) is 4.94. The molecule has 8 heteroatoms. The van der Waals surface area contributed by atoms with Gasteiger partial charge in [-0.1, -0.05) is 17.4 Å². The highest BCUT2D eigenvalue weighted by atomic mass is 32.2. The van der Waals surface area contributed by atoms with E-state index in [-0.39, 0.29) is 5.91 Å². The molecule has 0 saturated carbocycles. The van der Waals surface area contributed by atoms with Gasteiger partial charge in [-0.25, -0.2) is 0 Å². The Morgan fingerprint density at radius 2 is 2.12 bits per heavy atom. The Balaban J connectivity index is 1.76. The minimum Gasteiger partial charge on any atom is -0.486 e. The van der Waals surface area contributed by atoms with Crippen LogP contribution in [0.1, 0.15) is 4.88 Å². The molecule has 0 N–H and O–H groups in total. The SMILES string of the molecule is CSCCn1c(=NC(=O)Cc2cccs2)sc2cc3c(cc21)OCCO3. The summed E-state index contributed by atoms with van der Waals surface area (Å²) in [7, 11) is 0. The molecule has 2 aromatic heterocycles.